The highest BCUT2D eigenvalue weighted by molar-refractivity contribution is 6.92. The first-order chi connectivity index (χ1) is 17.9. The Morgan fingerprint density at radius 2 is 1.30 bits per heavy atom. The van der Waals surface area contributed by atoms with Crippen LogP contribution in [0.25, 0.3) is 0 Å². The van der Waals surface area contributed by atoms with E-state index < -0.39 is 31.4 Å². The first-order valence-corrected chi connectivity index (χ1v) is 16.2. The topological polar surface area (TPSA) is 38.7 Å². The van der Waals surface area contributed by atoms with E-state index in [2.05, 4.69) is 57.4 Å². The number of hydrogen-bond acceptors (Lipinski definition) is 3. The smallest absolute Gasteiger partial charge is 0.114 e. The fraction of sp³-hybridized carbons (Fsp3) is 0.333. The van der Waals surface area contributed by atoms with Gasteiger partial charge in [-0.05, 0) is 17.5 Å². The summed E-state index contributed by atoms with van der Waals surface area (Å²) in [7, 11) is -2.30. The molecule has 0 aromatic heterocycles. The minimum Gasteiger partial charge on any atom is -0.390 e. The molecule has 3 aromatic rings. The lowest BCUT2D eigenvalue weighted by atomic mass is 9.89. The van der Waals surface area contributed by atoms with Crippen LogP contribution in [0.1, 0.15) is 30.9 Å². The van der Waals surface area contributed by atoms with E-state index in [0.29, 0.717) is 13.2 Å². The Hall–Kier alpha value is -2.76. The molecule has 0 amide bonds. The van der Waals surface area contributed by atoms with E-state index in [1.54, 1.807) is 6.08 Å². The summed E-state index contributed by atoms with van der Waals surface area (Å²) >= 11 is 0. The van der Waals surface area contributed by atoms with Crippen LogP contribution in [-0.2, 0) is 22.7 Å². The zero-order valence-electron chi connectivity index (χ0n) is 22.6. The Morgan fingerprint density at radius 3 is 1.76 bits per heavy atom. The van der Waals surface area contributed by atoms with Gasteiger partial charge in [0.2, 0.25) is 0 Å². The number of hydrogen-bond donors (Lipinski definition) is 1. The number of aliphatic hydroxyl groups excluding tert-OH is 1. The van der Waals surface area contributed by atoms with Gasteiger partial charge in [-0.3, -0.25) is 0 Å². The van der Waals surface area contributed by atoms with Crippen LogP contribution in [0.3, 0.4) is 0 Å². The van der Waals surface area contributed by atoms with Crippen molar-refractivity contribution in [1.82, 2.24) is 0 Å². The summed E-state index contributed by atoms with van der Waals surface area (Å²) in [5, 5.41) is 13.1. The summed E-state index contributed by atoms with van der Waals surface area (Å²) < 4.78 is 12.9. The summed E-state index contributed by atoms with van der Waals surface area (Å²) in [4.78, 5) is 0. The van der Waals surface area contributed by atoms with Crippen molar-refractivity contribution in [3.05, 3.63) is 127 Å². The summed E-state index contributed by atoms with van der Waals surface area (Å²) in [6.07, 6.45) is 3.52. The Labute approximate surface area is 224 Å². The molecule has 0 radical (unpaired) electrons. The first-order valence-electron chi connectivity index (χ1n) is 13.2. The number of benzene rings is 3. The van der Waals surface area contributed by atoms with E-state index >= 15 is 0 Å². The minimum absolute atomic E-state index is 0.369. The maximum atomic E-state index is 12.3. The molecule has 4 atom stereocenters. The minimum atomic E-state index is -2.30. The highest BCUT2D eigenvalue weighted by Gasteiger charge is 2.53. The second-order valence-electron chi connectivity index (χ2n) is 10.2. The third kappa shape index (κ3) is 6.77. The molecule has 0 heterocycles. The van der Waals surface area contributed by atoms with Gasteiger partial charge in [0, 0.05) is 5.04 Å². The molecule has 0 aliphatic heterocycles. The fourth-order valence-corrected chi connectivity index (χ4v) is 9.19. The molecule has 0 saturated carbocycles. The highest BCUT2D eigenvalue weighted by Crippen LogP contribution is 2.49. The molecule has 37 heavy (non-hydrogen) atoms. The van der Waals surface area contributed by atoms with Gasteiger partial charge in [-0.1, -0.05) is 135 Å². The largest absolute Gasteiger partial charge is 0.390 e. The molecule has 3 rings (SSSR count). The summed E-state index contributed by atoms with van der Waals surface area (Å²) in [5.74, 6) is 0. The lowest BCUT2D eigenvalue weighted by Gasteiger charge is -2.50. The van der Waals surface area contributed by atoms with Crippen LogP contribution >= 0.6 is 0 Å². The van der Waals surface area contributed by atoms with Crippen LogP contribution in [0, 0.1) is 0 Å². The molecule has 0 saturated heterocycles. The van der Waals surface area contributed by atoms with Crippen LogP contribution < -0.4 is 5.19 Å². The predicted octanol–water partition coefficient (Wildman–Crippen LogP) is 7.05. The summed E-state index contributed by atoms with van der Waals surface area (Å²) in [5.41, 5.74) is 2.11. The maximum absolute atomic E-state index is 12.3. The average molecular weight is 515 g/mol. The lowest BCUT2D eigenvalue weighted by Crippen LogP contribution is -2.61. The predicted molar refractivity (Wildman–Crippen MR) is 158 cm³/mol. The van der Waals surface area contributed by atoms with E-state index in [-0.39, 0.29) is 0 Å². The van der Waals surface area contributed by atoms with Gasteiger partial charge in [0.15, 0.2) is 0 Å². The number of ether oxygens (including phenoxy) is 2. The second kappa shape index (κ2) is 13.7. The van der Waals surface area contributed by atoms with Crippen molar-refractivity contribution >= 4 is 13.3 Å². The molecule has 196 valence electrons. The molecule has 3 nitrogen and oxygen atoms in total. The molecular weight excluding hydrogens is 472 g/mol. The van der Waals surface area contributed by atoms with Crippen molar-refractivity contribution in [2.75, 3.05) is 0 Å². The van der Waals surface area contributed by atoms with Gasteiger partial charge in [-0.2, -0.15) is 0 Å². The standard InChI is InChI=1S/C33H42O3Si/c1-6-24-33(8-3,37(4,5)29-22-16-11-17-23-29)32(34)31(36-26-28-20-14-10-15-21-28)30(7-2)35-25-27-18-12-9-13-19-27/h7-23,30-32,34H,2-3,6,24-26H2,1,4-5H3/t30-,31-,32-,33+/m1/s1. The molecule has 0 unspecified atom stereocenters. The van der Waals surface area contributed by atoms with Gasteiger partial charge in [0.25, 0.3) is 0 Å². The molecule has 0 spiro atoms. The Morgan fingerprint density at radius 1 is 0.811 bits per heavy atom. The monoisotopic (exact) mass is 514 g/mol. The van der Waals surface area contributed by atoms with Crippen molar-refractivity contribution in [3.63, 3.8) is 0 Å². The normalized spacial score (nSPS) is 15.8. The molecule has 0 fully saturated rings. The van der Waals surface area contributed by atoms with E-state index in [4.69, 9.17) is 9.47 Å². The molecule has 4 heteroatoms. The molecule has 1 N–H and O–H groups in total. The first kappa shape index (κ1) is 28.8. The van der Waals surface area contributed by atoms with Gasteiger partial charge in [-0.25, -0.2) is 0 Å². The van der Waals surface area contributed by atoms with Crippen molar-refractivity contribution in [3.8, 4) is 0 Å². The number of rotatable bonds is 15. The van der Waals surface area contributed by atoms with Crippen LogP contribution in [0.5, 0.6) is 0 Å². The van der Waals surface area contributed by atoms with E-state index in [0.717, 1.165) is 24.0 Å². The molecule has 0 aliphatic carbocycles. The molecule has 0 bridgehead atoms. The Kier molecular flexibility index (Phi) is 10.7. The SMILES string of the molecule is C=C[C@@H](OCc1ccccc1)[C@@H](OCc1ccccc1)[C@@H](O)[C@](C=C)(CCC)[Si](C)(C)c1ccccc1. The van der Waals surface area contributed by atoms with Crippen molar-refractivity contribution in [2.24, 2.45) is 0 Å². The second-order valence-corrected chi connectivity index (χ2v) is 14.9. The fourth-order valence-electron chi connectivity index (χ4n) is 5.33. The average Bonchev–Trinajstić information content (AvgIpc) is 2.94. The lowest BCUT2D eigenvalue weighted by molar-refractivity contribution is -0.124. The van der Waals surface area contributed by atoms with Gasteiger partial charge in [0.05, 0.1) is 27.4 Å². The summed E-state index contributed by atoms with van der Waals surface area (Å²) in [6.45, 7) is 16.0. The third-order valence-corrected chi connectivity index (χ3v) is 12.5. The van der Waals surface area contributed by atoms with Crippen molar-refractivity contribution in [1.29, 1.82) is 0 Å². The van der Waals surface area contributed by atoms with Crippen molar-refractivity contribution in [2.45, 2.75) is 69.4 Å². The van der Waals surface area contributed by atoms with E-state index in [1.165, 1.54) is 5.19 Å². The zero-order valence-corrected chi connectivity index (χ0v) is 23.6. The maximum Gasteiger partial charge on any atom is 0.114 e. The van der Waals surface area contributed by atoms with Gasteiger partial charge in [-0.15, -0.1) is 13.2 Å². The van der Waals surface area contributed by atoms with Gasteiger partial charge in [0.1, 0.15) is 12.2 Å². The van der Waals surface area contributed by atoms with E-state index in [9.17, 15) is 5.11 Å². The highest BCUT2D eigenvalue weighted by atomic mass is 28.3. The molecule has 0 aliphatic rings. The van der Waals surface area contributed by atoms with Crippen LogP contribution in [0.2, 0.25) is 18.1 Å². The van der Waals surface area contributed by atoms with Crippen LogP contribution in [0.4, 0.5) is 0 Å². The van der Waals surface area contributed by atoms with Crippen LogP contribution in [-0.4, -0.2) is 31.5 Å². The molecular formula is C33H42O3Si. The third-order valence-electron chi connectivity index (χ3n) is 7.65. The van der Waals surface area contributed by atoms with E-state index in [1.807, 2.05) is 72.8 Å². The van der Waals surface area contributed by atoms with Crippen molar-refractivity contribution < 1.29 is 14.6 Å². The van der Waals surface area contributed by atoms with Crippen LogP contribution in [0.15, 0.2) is 116 Å². The van der Waals surface area contributed by atoms with Gasteiger partial charge >= 0.3 is 0 Å². The Balaban J connectivity index is 2.00. The number of aliphatic hydroxyl groups is 1. The van der Waals surface area contributed by atoms with Gasteiger partial charge < -0.3 is 14.6 Å². The molecule has 3 aromatic carbocycles. The quantitative estimate of drug-likeness (QED) is 0.174. The zero-order chi connectivity index (χ0) is 26.7. The summed E-state index contributed by atoms with van der Waals surface area (Å²) in [6, 6.07) is 30.7. The Bertz CT molecular complexity index is 1080.